The van der Waals surface area contributed by atoms with E-state index in [-0.39, 0.29) is 24.7 Å². The van der Waals surface area contributed by atoms with Crippen LogP contribution in [0.25, 0.3) is 0 Å². The molecule has 0 aromatic rings. The van der Waals surface area contributed by atoms with E-state index in [4.69, 9.17) is 18.5 Å². The van der Waals surface area contributed by atoms with Gasteiger partial charge in [0.15, 0.2) is 0 Å². The van der Waals surface area contributed by atoms with Gasteiger partial charge in [-0.1, -0.05) is 168 Å². The van der Waals surface area contributed by atoms with Gasteiger partial charge < -0.3 is 18.5 Å². The van der Waals surface area contributed by atoms with Gasteiger partial charge in [-0.3, -0.25) is 14.2 Å². The molecule has 49 heavy (non-hydrogen) atoms. The third kappa shape index (κ3) is 34.0. The second-order valence-electron chi connectivity index (χ2n) is 14.1. The molecule has 0 heterocycles. The second-order valence-corrected chi connectivity index (χ2v) is 16.3. The van der Waals surface area contributed by atoms with Gasteiger partial charge in [-0.15, -0.1) is 0 Å². The highest BCUT2D eigenvalue weighted by Gasteiger charge is 2.25. The normalized spacial score (nSPS) is 12.3. The first-order valence-corrected chi connectivity index (χ1v) is 22.9. The Labute approximate surface area is 304 Å². The summed E-state index contributed by atoms with van der Waals surface area (Å²) in [6.45, 7) is 8.77. The van der Waals surface area contributed by atoms with Crippen LogP contribution in [-0.2, 0) is 32.7 Å². The van der Waals surface area contributed by atoms with E-state index in [9.17, 15) is 14.2 Å². The average Bonchev–Trinajstić information content (AvgIpc) is 3.08. The summed E-state index contributed by atoms with van der Waals surface area (Å²) in [5, 5.41) is 0. The molecule has 1 unspecified atom stereocenters. The SMILES string of the molecule is CCCCCCCCCCCCCCCC(=O)OCC(CCCP(=O)(OCC)OCC)OC(=O)CCCCCCCCCCCCCCC. The van der Waals surface area contributed by atoms with Crippen LogP contribution in [0.3, 0.4) is 0 Å². The Balaban J connectivity index is 4.31. The quantitative estimate of drug-likeness (QED) is 0.0355. The molecule has 0 aliphatic rings. The lowest BCUT2D eigenvalue weighted by Gasteiger charge is -2.20. The van der Waals surface area contributed by atoms with Crippen molar-refractivity contribution in [1.29, 1.82) is 0 Å². The van der Waals surface area contributed by atoms with Crippen LogP contribution in [-0.4, -0.2) is 44.0 Å². The fourth-order valence-corrected chi connectivity index (χ4v) is 8.02. The monoisotopic (exact) mass is 717 g/mol. The van der Waals surface area contributed by atoms with Crippen LogP contribution in [0, 0.1) is 0 Å². The minimum absolute atomic E-state index is 0.0369. The van der Waals surface area contributed by atoms with E-state index < -0.39 is 13.7 Å². The Hall–Kier alpha value is -0.910. The Morgan fingerprint density at radius 2 is 0.816 bits per heavy atom. The van der Waals surface area contributed by atoms with Crippen LogP contribution in [0.5, 0.6) is 0 Å². The van der Waals surface area contributed by atoms with Gasteiger partial charge in [0.1, 0.15) is 12.7 Å². The highest BCUT2D eigenvalue weighted by Crippen LogP contribution is 2.48. The largest absolute Gasteiger partial charge is 0.462 e. The van der Waals surface area contributed by atoms with E-state index >= 15 is 0 Å². The van der Waals surface area contributed by atoms with Gasteiger partial charge in [0, 0.05) is 12.8 Å². The number of ether oxygens (including phenoxy) is 2. The van der Waals surface area contributed by atoms with Crippen molar-refractivity contribution in [1.82, 2.24) is 0 Å². The highest BCUT2D eigenvalue weighted by molar-refractivity contribution is 7.53. The van der Waals surface area contributed by atoms with Crippen molar-refractivity contribution in [3.8, 4) is 0 Å². The smallest absolute Gasteiger partial charge is 0.330 e. The van der Waals surface area contributed by atoms with E-state index in [2.05, 4.69) is 13.8 Å². The molecular weight excluding hydrogens is 635 g/mol. The molecule has 0 amide bonds. The van der Waals surface area contributed by atoms with Crippen molar-refractivity contribution in [2.24, 2.45) is 0 Å². The fraction of sp³-hybridized carbons (Fsp3) is 0.951. The minimum atomic E-state index is -3.18. The maximum Gasteiger partial charge on any atom is 0.330 e. The van der Waals surface area contributed by atoms with Gasteiger partial charge in [-0.05, 0) is 39.5 Å². The maximum atomic E-state index is 12.9. The van der Waals surface area contributed by atoms with Crippen molar-refractivity contribution in [2.75, 3.05) is 26.0 Å². The standard InChI is InChI=1S/C41H81O7P/c1-5-9-11-13-15-17-19-21-23-25-27-29-31-35-40(42)45-38-39(34-33-37-49(44,46-7-3)47-8-4)48-41(43)36-32-30-28-26-24-22-20-18-16-14-12-10-6-2/h39H,5-38H2,1-4H3. The van der Waals surface area contributed by atoms with Crippen molar-refractivity contribution in [3.05, 3.63) is 0 Å². The van der Waals surface area contributed by atoms with Gasteiger partial charge in [0.2, 0.25) is 0 Å². The molecule has 0 bridgehead atoms. The number of hydrogen-bond acceptors (Lipinski definition) is 7. The number of carbonyl (C=O) groups excluding carboxylic acids is 2. The summed E-state index contributed by atoms with van der Waals surface area (Å²) in [6.07, 6.45) is 34.1. The number of unbranched alkanes of at least 4 members (excludes halogenated alkanes) is 24. The van der Waals surface area contributed by atoms with Crippen molar-refractivity contribution < 1.29 is 32.7 Å². The second kappa shape index (κ2) is 36.9. The Morgan fingerprint density at radius 1 is 0.469 bits per heavy atom. The van der Waals surface area contributed by atoms with E-state index in [1.54, 1.807) is 13.8 Å². The maximum absolute atomic E-state index is 12.9. The van der Waals surface area contributed by atoms with Crippen LogP contribution in [0.15, 0.2) is 0 Å². The first kappa shape index (κ1) is 48.1. The minimum Gasteiger partial charge on any atom is -0.462 e. The Morgan fingerprint density at radius 3 is 1.18 bits per heavy atom. The Kier molecular flexibility index (Phi) is 36.2. The lowest BCUT2D eigenvalue weighted by Crippen LogP contribution is -2.25. The zero-order chi connectivity index (χ0) is 36.1. The summed E-state index contributed by atoms with van der Waals surface area (Å²) < 4.78 is 35.1. The summed E-state index contributed by atoms with van der Waals surface area (Å²) in [5.41, 5.74) is 0. The predicted molar refractivity (Wildman–Crippen MR) is 206 cm³/mol. The first-order valence-electron chi connectivity index (χ1n) is 21.1. The molecule has 0 aliphatic heterocycles. The zero-order valence-corrected chi connectivity index (χ0v) is 33.8. The summed E-state index contributed by atoms with van der Waals surface area (Å²) >= 11 is 0. The third-order valence-corrected chi connectivity index (χ3v) is 11.5. The molecule has 0 saturated carbocycles. The highest BCUT2D eigenvalue weighted by atomic mass is 31.2. The van der Waals surface area contributed by atoms with Gasteiger partial charge in [0.05, 0.1) is 19.4 Å². The lowest BCUT2D eigenvalue weighted by atomic mass is 10.0. The number of rotatable bonds is 39. The molecule has 0 spiro atoms. The molecule has 0 aromatic heterocycles. The summed E-state index contributed by atoms with van der Waals surface area (Å²) in [5.74, 6) is -0.492. The molecule has 0 fully saturated rings. The van der Waals surface area contributed by atoms with Crippen molar-refractivity contribution in [2.45, 2.75) is 226 Å². The molecule has 7 nitrogen and oxygen atoms in total. The predicted octanol–water partition coefficient (Wildman–Crippen LogP) is 13.5. The first-order chi connectivity index (χ1) is 23.9. The molecule has 0 aromatic carbocycles. The van der Waals surface area contributed by atoms with Gasteiger partial charge >= 0.3 is 19.5 Å². The zero-order valence-electron chi connectivity index (χ0n) is 32.9. The van der Waals surface area contributed by atoms with E-state index in [1.807, 2.05) is 0 Å². The van der Waals surface area contributed by atoms with Crippen LogP contribution in [0.4, 0.5) is 0 Å². The van der Waals surface area contributed by atoms with Crippen LogP contribution in [0.1, 0.15) is 220 Å². The molecule has 0 aliphatic carbocycles. The molecule has 0 saturated heterocycles. The van der Waals surface area contributed by atoms with E-state index in [0.29, 0.717) is 38.9 Å². The van der Waals surface area contributed by atoms with Crippen molar-refractivity contribution in [3.63, 3.8) is 0 Å². The molecule has 0 N–H and O–H groups in total. The Bertz CT molecular complexity index is 765. The van der Waals surface area contributed by atoms with E-state index in [0.717, 1.165) is 38.5 Å². The number of hydrogen-bond donors (Lipinski definition) is 0. The molecule has 292 valence electrons. The van der Waals surface area contributed by atoms with Crippen LogP contribution in [0.2, 0.25) is 0 Å². The fourth-order valence-electron chi connectivity index (χ4n) is 6.33. The average molecular weight is 717 g/mol. The summed E-state index contributed by atoms with van der Waals surface area (Å²) in [7, 11) is -3.18. The summed E-state index contributed by atoms with van der Waals surface area (Å²) in [4.78, 5) is 25.2. The van der Waals surface area contributed by atoms with Gasteiger partial charge in [0.25, 0.3) is 0 Å². The molecular formula is C41H81O7P. The topological polar surface area (TPSA) is 88.1 Å². The van der Waals surface area contributed by atoms with Gasteiger partial charge in [-0.25, -0.2) is 0 Å². The number of esters is 2. The summed E-state index contributed by atoms with van der Waals surface area (Å²) in [6, 6.07) is 0. The molecule has 0 radical (unpaired) electrons. The molecule has 8 heteroatoms. The van der Waals surface area contributed by atoms with Crippen molar-refractivity contribution >= 4 is 19.5 Å². The third-order valence-electron chi connectivity index (χ3n) is 9.31. The molecule has 1 atom stereocenters. The van der Waals surface area contributed by atoms with Crippen LogP contribution < -0.4 is 0 Å². The molecule has 0 rings (SSSR count). The van der Waals surface area contributed by atoms with Crippen LogP contribution >= 0.6 is 7.60 Å². The number of carbonyl (C=O) groups is 2. The van der Waals surface area contributed by atoms with Gasteiger partial charge in [-0.2, -0.15) is 0 Å². The van der Waals surface area contributed by atoms with E-state index in [1.165, 1.54) is 128 Å². The lowest BCUT2D eigenvalue weighted by molar-refractivity contribution is -0.159.